The Kier molecular flexibility index (Phi) is 3.97. The number of hydrazine groups is 1. The van der Waals surface area contributed by atoms with Crippen molar-refractivity contribution in [3.05, 3.63) is 12.2 Å². The molecule has 1 aliphatic heterocycles. The van der Waals surface area contributed by atoms with E-state index in [4.69, 9.17) is 4.74 Å². The zero-order valence-electron chi connectivity index (χ0n) is 14.9. The largest absolute Gasteiger partial charge is 0.443 e. The van der Waals surface area contributed by atoms with E-state index in [0.29, 0.717) is 11.8 Å². The topological polar surface area (TPSA) is 75.7 Å². The Morgan fingerprint density at radius 1 is 1.17 bits per heavy atom. The third-order valence-electron chi connectivity index (χ3n) is 5.28. The molecule has 6 atom stereocenters. The van der Waals surface area contributed by atoms with Crippen molar-refractivity contribution in [3.8, 4) is 0 Å². The van der Waals surface area contributed by atoms with Crippen LogP contribution in [0.4, 0.5) is 4.79 Å². The summed E-state index contributed by atoms with van der Waals surface area (Å²) in [5, 5.41) is 0.882. The summed E-state index contributed by atoms with van der Waals surface area (Å²) in [7, 11) is 0. The molecule has 2 aliphatic carbocycles. The van der Waals surface area contributed by atoms with Gasteiger partial charge in [0.05, 0.1) is 11.8 Å². The molecule has 0 spiro atoms. The lowest BCUT2D eigenvalue weighted by Gasteiger charge is -2.30. The zero-order chi connectivity index (χ0) is 17.8. The predicted molar refractivity (Wildman–Crippen MR) is 87.3 cm³/mol. The molecule has 3 aliphatic rings. The summed E-state index contributed by atoms with van der Waals surface area (Å²) in [6.07, 6.45) is 4.45. The molecule has 1 heterocycles. The number of rotatable bonds is 2. The lowest BCUT2D eigenvalue weighted by atomic mass is 9.70. The van der Waals surface area contributed by atoms with Gasteiger partial charge in [-0.25, -0.2) is 10.2 Å². The molecule has 0 aromatic carbocycles. The third-order valence-corrected chi connectivity index (χ3v) is 5.28. The van der Waals surface area contributed by atoms with Gasteiger partial charge >= 0.3 is 6.09 Å². The van der Waals surface area contributed by atoms with Crippen molar-refractivity contribution < 1.29 is 19.1 Å². The molecule has 0 aromatic heterocycles. The number of allylic oxidation sites excluding steroid dienone is 2. The molecule has 3 rings (SSSR count). The predicted octanol–water partition coefficient (Wildman–Crippen LogP) is 2.51. The average molecular weight is 334 g/mol. The minimum Gasteiger partial charge on any atom is -0.443 e. The highest BCUT2D eigenvalue weighted by Crippen LogP contribution is 2.53. The van der Waals surface area contributed by atoms with E-state index in [-0.39, 0.29) is 29.6 Å². The van der Waals surface area contributed by atoms with Crippen LogP contribution in [0.15, 0.2) is 12.2 Å². The summed E-state index contributed by atoms with van der Waals surface area (Å²) in [6.45, 7) is 9.32. The van der Waals surface area contributed by atoms with Gasteiger partial charge < -0.3 is 4.74 Å². The van der Waals surface area contributed by atoms with Crippen molar-refractivity contribution in [1.82, 2.24) is 10.4 Å². The van der Waals surface area contributed by atoms with E-state index in [1.807, 2.05) is 13.0 Å². The number of amides is 3. The Labute approximate surface area is 142 Å². The van der Waals surface area contributed by atoms with E-state index in [2.05, 4.69) is 18.4 Å². The van der Waals surface area contributed by atoms with Crippen LogP contribution in [0.1, 0.15) is 41.0 Å². The maximum atomic E-state index is 12.8. The Morgan fingerprint density at radius 3 is 2.29 bits per heavy atom. The fourth-order valence-electron chi connectivity index (χ4n) is 4.01. The molecule has 6 nitrogen and oxygen atoms in total. The smallest absolute Gasteiger partial charge is 0.427 e. The number of imide groups is 1. The molecule has 1 N–H and O–H groups in total. The number of carbonyl (C=O) groups is 3. The van der Waals surface area contributed by atoms with E-state index in [0.717, 1.165) is 11.4 Å². The average Bonchev–Trinajstić information content (AvgIpc) is 3.12. The number of ether oxygens (including phenoxy) is 1. The van der Waals surface area contributed by atoms with Crippen molar-refractivity contribution in [2.45, 2.75) is 46.6 Å². The van der Waals surface area contributed by atoms with Crippen LogP contribution >= 0.6 is 0 Å². The summed E-state index contributed by atoms with van der Waals surface area (Å²) in [4.78, 5) is 37.6. The molecule has 2 unspecified atom stereocenters. The number of hydrogen-bond acceptors (Lipinski definition) is 4. The van der Waals surface area contributed by atoms with Gasteiger partial charge in [0.15, 0.2) is 0 Å². The van der Waals surface area contributed by atoms with Gasteiger partial charge in [0.25, 0.3) is 11.8 Å². The molecule has 24 heavy (non-hydrogen) atoms. The highest BCUT2D eigenvalue weighted by Gasteiger charge is 2.58. The van der Waals surface area contributed by atoms with Crippen molar-refractivity contribution in [2.75, 3.05) is 0 Å². The van der Waals surface area contributed by atoms with Gasteiger partial charge in [-0.05, 0) is 50.9 Å². The van der Waals surface area contributed by atoms with Gasteiger partial charge in [0, 0.05) is 0 Å². The number of hydrogen-bond donors (Lipinski definition) is 1. The van der Waals surface area contributed by atoms with Gasteiger partial charge in [0.1, 0.15) is 5.60 Å². The van der Waals surface area contributed by atoms with E-state index >= 15 is 0 Å². The van der Waals surface area contributed by atoms with Crippen molar-refractivity contribution in [1.29, 1.82) is 0 Å². The molecular formula is C18H26N2O4. The molecule has 132 valence electrons. The number of nitrogens with zero attached hydrogens (tertiary/aromatic N) is 1. The van der Waals surface area contributed by atoms with Crippen LogP contribution < -0.4 is 5.43 Å². The molecule has 0 radical (unpaired) electrons. The molecule has 1 saturated heterocycles. The van der Waals surface area contributed by atoms with Gasteiger partial charge in [-0.3, -0.25) is 9.59 Å². The molecule has 0 aromatic rings. The number of nitrogens with one attached hydrogen (secondary N) is 1. The summed E-state index contributed by atoms with van der Waals surface area (Å²) >= 11 is 0. The van der Waals surface area contributed by atoms with Crippen LogP contribution in [0.25, 0.3) is 0 Å². The van der Waals surface area contributed by atoms with Crippen LogP contribution in [-0.2, 0) is 14.3 Å². The second-order valence-electron chi connectivity index (χ2n) is 8.38. The van der Waals surface area contributed by atoms with E-state index < -0.39 is 17.6 Å². The fraction of sp³-hybridized carbons (Fsp3) is 0.722. The van der Waals surface area contributed by atoms with Gasteiger partial charge in [-0.2, -0.15) is 5.01 Å². The van der Waals surface area contributed by atoms with Crippen molar-refractivity contribution in [3.63, 3.8) is 0 Å². The molecular weight excluding hydrogens is 308 g/mol. The van der Waals surface area contributed by atoms with Crippen LogP contribution in [-0.4, -0.2) is 28.5 Å². The number of fused-ring (bicyclic) bond motifs is 1. The Morgan fingerprint density at radius 2 is 1.75 bits per heavy atom. The lowest BCUT2D eigenvalue weighted by molar-refractivity contribution is -0.144. The van der Waals surface area contributed by atoms with Gasteiger partial charge in [-0.15, -0.1) is 0 Å². The molecule has 3 amide bonds. The fourth-order valence-corrected chi connectivity index (χ4v) is 4.01. The first kappa shape index (κ1) is 17.0. The molecule has 0 bridgehead atoms. The SMILES string of the molecule is CC1C=CC([C@@H]2C[C@@H]2C)[C@H]2C(=O)N(NC(=O)OC(C)(C)C)C(=O)[C@@H]12. The van der Waals surface area contributed by atoms with Crippen LogP contribution in [0.5, 0.6) is 0 Å². The van der Waals surface area contributed by atoms with E-state index in [9.17, 15) is 14.4 Å². The molecule has 6 heteroatoms. The second-order valence-corrected chi connectivity index (χ2v) is 8.38. The zero-order valence-corrected chi connectivity index (χ0v) is 14.9. The molecule has 1 saturated carbocycles. The van der Waals surface area contributed by atoms with Crippen LogP contribution in [0.3, 0.4) is 0 Å². The van der Waals surface area contributed by atoms with Gasteiger partial charge in [-0.1, -0.05) is 26.0 Å². The minimum absolute atomic E-state index is 0.0119. The van der Waals surface area contributed by atoms with Gasteiger partial charge in [0.2, 0.25) is 0 Å². The standard InChI is InChI=1S/C18H26N2O4/c1-9-6-7-11(12-8-10(12)2)14-13(9)15(21)20(16(14)22)19-17(23)24-18(3,4)5/h6-7,9-14H,8H2,1-5H3,(H,19,23)/t9?,10-,11?,12+,13-,14+/m0/s1. The minimum atomic E-state index is -0.778. The third kappa shape index (κ3) is 2.94. The summed E-state index contributed by atoms with van der Waals surface area (Å²) in [6, 6.07) is 0. The molecule has 2 fully saturated rings. The Hall–Kier alpha value is -1.85. The van der Waals surface area contributed by atoms with Crippen molar-refractivity contribution in [2.24, 2.45) is 35.5 Å². The Bertz CT molecular complexity index is 607. The highest BCUT2D eigenvalue weighted by atomic mass is 16.6. The maximum absolute atomic E-state index is 12.8. The number of carbonyl (C=O) groups excluding carboxylic acids is 3. The summed E-state index contributed by atoms with van der Waals surface area (Å²) < 4.78 is 5.17. The monoisotopic (exact) mass is 334 g/mol. The summed E-state index contributed by atoms with van der Waals surface area (Å²) in [5.41, 5.74) is 1.66. The lowest BCUT2D eigenvalue weighted by Crippen LogP contribution is -2.48. The van der Waals surface area contributed by atoms with E-state index in [1.54, 1.807) is 20.8 Å². The van der Waals surface area contributed by atoms with Crippen molar-refractivity contribution >= 4 is 17.9 Å². The van der Waals surface area contributed by atoms with Crippen LogP contribution in [0, 0.1) is 35.5 Å². The first-order chi connectivity index (χ1) is 11.1. The first-order valence-electron chi connectivity index (χ1n) is 8.66. The maximum Gasteiger partial charge on any atom is 0.427 e. The quantitative estimate of drug-likeness (QED) is 0.622. The second kappa shape index (κ2) is 5.60. The normalized spacial score (nSPS) is 38.1. The van der Waals surface area contributed by atoms with Crippen LogP contribution in [0.2, 0.25) is 0 Å². The highest BCUT2D eigenvalue weighted by molar-refractivity contribution is 6.06. The Balaban J connectivity index is 1.79. The first-order valence-corrected chi connectivity index (χ1v) is 8.66. The summed E-state index contributed by atoms with van der Waals surface area (Å²) in [5.74, 6) is -0.283. The van der Waals surface area contributed by atoms with E-state index in [1.165, 1.54) is 0 Å².